The van der Waals surface area contributed by atoms with Crippen molar-refractivity contribution in [2.75, 3.05) is 26.2 Å². The first-order valence-corrected chi connectivity index (χ1v) is 10.5. The molecular formula is C20H20N2O4S. The van der Waals surface area contributed by atoms with Gasteiger partial charge in [0.2, 0.25) is 9.84 Å². The van der Waals surface area contributed by atoms with Gasteiger partial charge in [-0.15, -0.1) is 0 Å². The van der Waals surface area contributed by atoms with Gasteiger partial charge in [0.15, 0.2) is 5.78 Å². The summed E-state index contributed by atoms with van der Waals surface area (Å²) < 4.78 is 25.8. The monoisotopic (exact) mass is 384 g/mol. The van der Waals surface area contributed by atoms with Crippen molar-refractivity contribution in [1.82, 2.24) is 10.2 Å². The van der Waals surface area contributed by atoms with E-state index in [1.165, 1.54) is 43.2 Å². The number of carbonyl (C=O) groups excluding carboxylic acids is 2. The van der Waals surface area contributed by atoms with Gasteiger partial charge in [-0.2, -0.15) is 0 Å². The van der Waals surface area contributed by atoms with E-state index in [1.54, 1.807) is 12.1 Å². The molecule has 1 N–H and O–H groups in total. The molecule has 140 valence electrons. The molecule has 1 fully saturated rings. The smallest absolute Gasteiger partial charge is 0.251 e. The van der Waals surface area contributed by atoms with E-state index in [2.05, 4.69) is 10.2 Å². The minimum absolute atomic E-state index is 0.00547. The minimum Gasteiger partial charge on any atom is -0.351 e. The van der Waals surface area contributed by atoms with Crippen LogP contribution in [0.15, 0.2) is 52.3 Å². The number of likely N-dealkylation sites (tertiary alicyclic amines) is 1. The second kappa shape index (κ2) is 6.90. The Bertz CT molecular complexity index is 1020. The van der Waals surface area contributed by atoms with Crippen molar-refractivity contribution in [3.63, 3.8) is 0 Å². The predicted octanol–water partition coefficient (Wildman–Crippen LogP) is 1.89. The highest BCUT2D eigenvalue weighted by Gasteiger charge is 2.34. The molecular weight excluding hydrogens is 364 g/mol. The van der Waals surface area contributed by atoms with Crippen LogP contribution in [0.1, 0.15) is 39.1 Å². The molecule has 0 aromatic heterocycles. The molecule has 7 heteroatoms. The third-order valence-corrected chi connectivity index (χ3v) is 6.96. The molecule has 0 aliphatic carbocycles. The molecule has 2 aliphatic heterocycles. The zero-order valence-electron chi connectivity index (χ0n) is 14.8. The Morgan fingerprint density at radius 3 is 2.48 bits per heavy atom. The average Bonchev–Trinajstić information content (AvgIpc) is 3.19. The number of nitrogens with one attached hydrogen (secondary N) is 1. The fraction of sp³-hybridized carbons (Fsp3) is 0.300. The summed E-state index contributed by atoms with van der Waals surface area (Å²) in [4.78, 5) is 27.2. The molecule has 0 saturated carbocycles. The Morgan fingerprint density at radius 1 is 1.00 bits per heavy atom. The van der Waals surface area contributed by atoms with Crippen molar-refractivity contribution in [2.45, 2.75) is 22.6 Å². The van der Waals surface area contributed by atoms with E-state index in [0.717, 1.165) is 19.6 Å². The summed E-state index contributed by atoms with van der Waals surface area (Å²) in [6.07, 6.45) is 2.37. The number of fused-ring (bicyclic) bond motifs is 2. The van der Waals surface area contributed by atoms with Crippen molar-refractivity contribution < 1.29 is 18.0 Å². The first kappa shape index (κ1) is 17.9. The first-order valence-electron chi connectivity index (χ1n) is 9.02. The number of ketones is 1. The Labute approximate surface area is 158 Å². The first-order chi connectivity index (χ1) is 13.0. The lowest BCUT2D eigenvalue weighted by molar-refractivity contribution is 0.0947. The van der Waals surface area contributed by atoms with Crippen LogP contribution in [0, 0.1) is 0 Å². The standard InChI is InChI=1S/C20H20N2O4S/c23-19-15-5-1-2-6-17(15)27(25,26)18-13-14(7-8-16(18)19)20(24)21-9-12-22-10-3-4-11-22/h1-2,5-8,13H,3-4,9-12H2,(H,21,24). The average molecular weight is 384 g/mol. The van der Waals surface area contributed by atoms with Crippen LogP contribution in [0.5, 0.6) is 0 Å². The van der Waals surface area contributed by atoms with Crippen LogP contribution < -0.4 is 5.32 Å². The highest BCUT2D eigenvalue weighted by Crippen LogP contribution is 2.34. The van der Waals surface area contributed by atoms with Gasteiger partial charge in [0.1, 0.15) is 0 Å². The highest BCUT2D eigenvalue weighted by atomic mass is 32.2. The summed E-state index contributed by atoms with van der Waals surface area (Å²) in [6.45, 7) is 3.38. The van der Waals surface area contributed by atoms with Crippen molar-refractivity contribution in [3.8, 4) is 0 Å². The molecule has 2 aromatic carbocycles. The zero-order chi connectivity index (χ0) is 19.0. The maximum atomic E-state index is 12.9. The van der Waals surface area contributed by atoms with Crippen LogP contribution in [0.2, 0.25) is 0 Å². The predicted molar refractivity (Wildman–Crippen MR) is 99.8 cm³/mol. The largest absolute Gasteiger partial charge is 0.351 e. The van der Waals surface area contributed by atoms with E-state index in [-0.39, 0.29) is 38.2 Å². The lowest BCUT2D eigenvalue weighted by atomic mass is 10.0. The van der Waals surface area contributed by atoms with Gasteiger partial charge in [0.05, 0.1) is 9.79 Å². The molecule has 27 heavy (non-hydrogen) atoms. The van der Waals surface area contributed by atoms with E-state index in [1.807, 2.05) is 0 Å². The molecule has 1 amide bonds. The van der Waals surface area contributed by atoms with Crippen LogP contribution in [-0.4, -0.2) is 51.2 Å². The summed E-state index contributed by atoms with van der Waals surface area (Å²) >= 11 is 0. The maximum Gasteiger partial charge on any atom is 0.251 e. The lowest BCUT2D eigenvalue weighted by Crippen LogP contribution is -2.33. The van der Waals surface area contributed by atoms with Crippen molar-refractivity contribution in [1.29, 1.82) is 0 Å². The van der Waals surface area contributed by atoms with Crippen LogP contribution in [-0.2, 0) is 9.84 Å². The van der Waals surface area contributed by atoms with Gasteiger partial charge in [0, 0.05) is 29.8 Å². The molecule has 0 atom stereocenters. The quantitative estimate of drug-likeness (QED) is 0.743. The van der Waals surface area contributed by atoms with E-state index < -0.39 is 9.84 Å². The molecule has 0 unspecified atom stereocenters. The minimum atomic E-state index is -3.83. The van der Waals surface area contributed by atoms with Gasteiger partial charge in [-0.3, -0.25) is 9.59 Å². The fourth-order valence-electron chi connectivity index (χ4n) is 3.66. The van der Waals surface area contributed by atoms with Gasteiger partial charge >= 0.3 is 0 Å². The van der Waals surface area contributed by atoms with Crippen LogP contribution in [0.3, 0.4) is 0 Å². The number of amides is 1. The summed E-state index contributed by atoms with van der Waals surface area (Å²) in [5.74, 6) is -0.671. The van der Waals surface area contributed by atoms with Crippen molar-refractivity contribution in [3.05, 3.63) is 59.2 Å². The Balaban J connectivity index is 1.58. The summed E-state index contributed by atoms with van der Waals surface area (Å²) in [7, 11) is -3.83. The topological polar surface area (TPSA) is 83.6 Å². The normalized spacial score (nSPS) is 18.0. The third-order valence-electron chi connectivity index (χ3n) is 5.11. The summed E-state index contributed by atoms with van der Waals surface area (Å²) in [5.41, 5.74) is 0.529. The zero-order valence-corrected chi connectivity index (χ0v) is 15.6. The van der Waals surface area contributed by atoms with E-state index in [0.29, 0.717) is 6.54 Å². The summed E-state index contributed by atoms with van der Waals surface area (Å²) in [5, 5.41) is 2.83. The maximum absolute atomic E-state index is 12.9. The molecule has 2 heterocycles. The van der Waals surface area contributed by atoms with Crippen LogP contribution in [0.4, 0.5) is 0 Å². The molecule has 6 nitrogen and oxygen atoms in total. The van der Waals surface area contributed by atoms with Gasteiger partial charge in [-0.25, -0.2) is 8.42 Å². The van der Waals surface area contributed by atoms with E-state index in [9.17, 15) is 18.0 Å². The fourth-order valence-corrected chi connectivity index (χ4v) is 5.34. The van der Waals surface area contributed by atoms with Gasteiger partial charge < -0.3 is 10.2 Å². The van der Waals surface area contributed by atoms with E-state index >= 15 is 0 Å². The number of benzene rings is 2. The number of sulfone groups is 1. The lowest BCUT2D eigenvalue weighted by Gasteiger charge is -2.19. The Morgan fingerprint density at radius 2 is 1.70 bits per heavy atom. The Hall–Kier alpha value is -2.51. The molecule has 0 radical (unpaired) electrons. The van der Waals surface area contributed by atoms with Gasteiger partial charge in [0.25, 0.3) is 5.91 Å². The third kappa shape index (κ3) is 3.17. The van der Waals surface area contributed by atoms with E-state index in [4.69, 9.17) is 0 Å². The molecule has 4 rings (SSSR count). The number of rotatable bonds is 4. The number of carbonyl (C=O) groups is 2. The molecule has 2 aromatic rings. The number of hydrogen-bond donors (Lipinski definition) is 1. The summed E-state index contributed by atoms with van der Waals surface area (Å²) in [6, 6.07) is 10.4. The van der Waals surface area contributed by atoms with Crippen LogP contribution >= 0.6 is 0 Å². The van der Waals surface area contributed by atoms with Crippen molar-refractivity contribution >= 4 is 21.5 Å². The van der Waals surface area contributed by atoms with Crippen molar-refractivity contribution in [2.24, 2.45) is 0 Å². The SMILES string of the molecule is O=C(NCCN1CCCC1)c1ccc2c(c1)S(=O)(=O)c1ccccc1C2=O. The van der Waals surface area contributed by atoms with Gasteiger partial charge in [-0.05, 0) is 56.3 Å². The second-order valence-corrected chi connectivity index (χ2v) is 8.73. The van der Waals surface area contributed by atoms with Gasteiger partial charge in [-0.1, -0.05) is 12.1 Å². The number of hydrogen-bond acceptors (Lipinski definition) is 5. The molecule has 2 aliphatic rings. The number of nitrogens with zero attached hydrogens (tertiary/aromatic N) is 1. The Kier molecular flexibility index (Phi) is 4.57. The second-order valence-electron chi connectivity index (χ2n) is 6.84. The van der Waals surface area contributed by atoms with Crippen LogP contribution in [0.25, 0.3) is 0 Å². The highest BCUT2D eigenvalue weighted by molar-refractivity contribution is 7.91. The molecule has 0 bridgehead atoms. The molecule has 0 spiro atoms. The molecule has 1 saturated heterocycles.